The minimum absolute atomic E-state index is 0.0537. The lowest BCUT2D eigenvalue weighted by atomic mass is 10.0. The van der Waals surface area contributed by atoms with E-state index in [1.54, 1.807) is 18.2 Å². The van der Waals surface area contributed by atoms with Crippen LogP contribution in [-0.2, 0) is 16.4 Å². The van der Waals surface area contributed by atoms with E-state index in [0.29, 0.717) is 29.1 Å². The number of ketones is 1. The summed E-state index contributed by atoms with van der Waals surface area (Å²) in [6.45, 7) is 0.196. The lowest BCUT2D eigenvalue weighted by Gasteiger charge is -2.29. The van der Waals surface area contributed by atoms with E-state index >= 15 is 0 Å². The summed E-state index contributed by atoms with van der Waals surface area (Å²) in [6.07, 6.45) is 1.44. The summed E-state index contributed by atoms with van der Waals surface area (Å²) < 4.78 is 26.8. The maximum absolute atomic E-state index is 12.7. The molecule has 1 heterocycles. The van der Waals surface area contributed by atoms with Crippen LogP contribution in [0, 0.1) is 0 Å². The first kappa shape index (κ1) is 17.0. The fourth-order valence-corrected chi connectivity index (χ4v) is 4.64. The maximum atomic E-state index is 12.7. The maximum Gasteiger partial charge on any atom is 0.235 e. The molecule has 0 amide bonds. The molecule has 0 atom stereocenters. The molecular weight excluding hydrogens is 346 g/mol. The average molecular weight is 364 g/mol. The number of Topliss-reactive ketones (excluding diaryl/α,β-unsaturated/α-hetero) is 1. The molecule has 0 fully saturated rings. The number of fused-ring (bicyclic) bond motifs is 1. The predicted molar refractivity (Wildman–Crippen MR) is 96.3 cm³/mol. The summed E-state index contributed by atoms with van der Waals surface area (Å²) >= 11 is 5.94. The van der Waals surface area contributed by atoms with Crippen LogP contribution < -0.4 is 4.31 Å². The van der Waals surface area contributed by atoms with E-state index in [4.69, 9.17) is 11.6 Å². The molecule has 0 bridgehead atoms. The van der Waals surface area contributed by atoms with Crippen LogP contribution in [-0.4, -0.2) is 26.5 Å². The van der Waals surface area contributed by atoms with Gasteiger partial charge in [-0.15, -0.1) is 0 Å². The van der Waals surface area contributed by atoms with Crippen molar-refractivity contribution in [2.75, 3.05) is 16.6 Å². The fraction of sp³-hybridized carbons (Fsp3) is 0.278. The SMILES string of the molecule is O=C1CCN(S(=O)(=O)CCCc2ccccc2)c2ccc(Cl)cc21. The van der Waals surface area contributed by atoms with Crippen LogP contribution >= 0.6 is 11.6 Å². The molecule has 4 nitrogen and oxygen atoms in total. The Morgan fingerprint density at radius 2 is 1.83 bits per heavy atom. The molecule has 2 aromatic carbocycles. The Balaban J connectivity index is 1.76. The van der Waals surface area contributed by atoms with Crippen LogP contribution in [0.3, 0.4) is 0 Å². The highest BCUT2D eigenvalue weighted by molar-refractivity contribution is 7.92. The fourth-order valence-electron chi connectivity index (χ4n) is 2.91. The van der Waals surface area contributed by atoms with Crippen LogP contribution in [0.25, 0.3) is 0 Å². The molecule has 6 heteroatoms. The molecule has 0 saturated heterocycles. The van der Waals surface area contributed by atoms with Crippen molar-refractivity contribution < 1.29 is 13.2 Å². The molecule has 3 rings (SSSR count). The van der Waals surface area contributed by atoms with Gasteiger partial charge in [0, 0.05) is 23.6 Å². The normalized spacial score (nSPS) is 14.5. The van der Waals surface area contributed by atoms with E-state index in [-0.39, 0.29) is 24.5 Å². The number of anilines is 1. The number of rotatable bonds is 5. The molecule has 0 saturated carbocycles. The molecule has 1 aliphatic heterocycles. The van der Waals surface area contributed by atoms with Crippen LogP contribution in [0.2, 0.25) is 5.02 Å². The van der Waals surface area contributed by atoms with E-state index in [1.807, 2.05) is 30.3 Å². The van der Waals surface area contributed by atoms with Crippen LogP contribution in [0.4, 0.5) is 5.69 Å². The van der Waals surface area contributed by atoms with Crippen molar-refractivity contribution in [2.45, 2.75) is 19.3 Å². The second-order valence-electron chi connectivity index (χ2n) is 5.81. The molecule has 0 N–H and O–H groups in total. The van der Waals surface area contributed by atoms with Gasteiger partial charge in [0.15, 0.2) is 5.78 Å². The minimum Gasteiger partial charge on any atom is -0.294 e. The Morgan fingerprint density at radius 1 is 1.08 bits per heavy atom. The summed E-state index contributed by atoms with van der Waals surface area (Å²) in [4.78, 5) is 12.0. The molecule has 0 aliphatic carbocycles. The summed E-state index contributed by atoms with van der Waals surface area (Å²) in [5.41, 5.74) is 1.95. The largest absolute Gasteiger partial charge is 0.294 e. The Labute approximate surface area is 147 Å². The third-order valence-electron chi connectivity index (χ3n) is 4.12. The molecule has 24 heavy (non-hydrogen) atoms. The zero-order valence-electron chi connectivity index (χ0n) is 13.1. The zero-order valence-corrected chi connectivity index (χ0v) is 14.7. The summed E-state index contributed by atoms with van der Waals surface area (Å²) in [6, 6.07) is 14.6. The van der Waals surface area contributed by atoms with Crippen LogP contribution in [0.1, 0.15) is 28.8 Å². The highest BCUT2D eigenvalue weighted by atomic mass is 35.5. The quantitative estimate of drug-likeness (QED) is 0.814. The first-order valence-electron chi connectivity index (χ1n) is 7.84. The number of aryl methyl sites for hydroxylation is 1. The van der Waals surface area contributed by atoms with Crippen molar-refractivity contribution in [3.8, 4) is 0 Å². The number of sulfonamides is 1. The molecule has 1 aliphatic rings. The van der Waals surface area contributed by atoms with Crippen molar-refractivity contribution in [2.24, 2.45) is 0 Å². The van der Waals surface area contributed by atoms with E-state index in [9.17, 15) is 13.2 Å². The zero-order chi connectivity index (χ0) is 17.2. The average Bonchev–Trinajstić information content (AvgIpc) is 2.56. The highest BCUT2D eigenvalue weighted by Crippen LogP contribution is 2.31. The van der Waals surface area contributed by atoms with Gasteiger partial charge in [0.2, 0.25) is 10.0 Å². The van der Waals surface area contributed by atoms with Crippen LogP contribution in [0.15, 0.2) is 48.5 Å². The van der Waals surface area contributed by atoms with Crippen molar-refractivity contribution in [3.05, 3.63) is 64.7 Å². The second-order valence-corrected chi connectivity index (χ2v) is 8.26. The Hall–Kier alpha value is -1.85. The van der Waals surface area contributed by atoms with E-state index in [2.05, 4.69) is 0 Å². The molecule has 0 unspecified atom stereocenters. The summed E-state index contributed by atoms with van der Waals surface area (Å²) in [5, 5.41) is 0.436. The topological polar surface area (TPSA) is 54.5 Å². The smallest absolute Gasteiger partial charge is 0.235 e. The Kier molecular flexibility index (Phi) is 4.92. The van der Waals surface area contributed by atoms with E-state index in [0.717, 1.165) is 5.56 Å². The lowest BCUT2D eigenvalue weighted by molar-refractivity contribution is 0.0982. The Bertz CT molecular complexity index is 850. The van der Waals surface area contributed by atoms with E-state index in [1.165, 1.54) is 4.31 Å². The highest BCUT2D eigenvalue weighted by Gasteiger charge is 2.30. The second kappa shape index (κ2) is 6.95. The van der Waals surface area contributed by atoms with Gasteiger partial charge in [-0.2, -0.15) is 0 Å². The molecule has 2 aromatic rings. The molecule has 0 radical (unpaired) electrons. The summed E-state index contributed by atoms with van der Waals surface area (Å²) in [7, 11) is -3.47. The van der Waals surface area contributed by atoms with Crippen LogP contribution in [0.5, 0.6) is 0 Å². The van der Waals surface area contributed by atoms with Gasteiger partial charge in [-0.05, 0) is 36.6 Å². The summed E-state index contributed by atoms with van der Waals surface area (Å²) in [5.74, 6) is -0.0127. The van der Waals surface area contributed by atoms with Gasteiger partial charge in [0.1, 0.15) is 0 Å². The number of carbonyl (C=O) groups excluding carboxylic acids is 1. The van der Waals surface area contributed by atoms with Crippen molar-refractivity contribution in [3.63, 3.8) is 0 Å². The monoisotopic (exact) mass is 363 g/mol. The number of benzene rings is 2. The third kappa shape index (κ3) is 3.62. The number of hydrogen-bond donors (Lipinski definition) is 0. The molecule has 0 aromatic heterocycles. The van der Waals surface area contributed by atoms with Gasteiger partial charge < -0.3 is 0 Å². The van der Waals surface area contributed by atoms with Gasteiger partial charge in [-0.25, -0.2) is 8.42 Å². The molecular formula is C18H18ClNO3S. The minimum atomic E-state index is -3.47. The lowest BCUT2D eigenvalue weighted by Crippen LogP contribution is -2.38. The standard InChI is InChI=1S/C18H18ClNO3S/c19-15-8-9-17-16(13-15)18(21)10-11-20(17)24(22,23)12-4-7-14-5-2-1-3-6-14/h1-3,5-6,8-9,13H,4,7,10-12H2. The molecule has 0 spiro atoms. The Morgan fingerprint density at radius 3 is 2.58 bits per heavy atom. The first-order valence-corrected chi connectivity index (χ1v) is 9.83. The van der Waals surface area contributed by atoms with Gasteiger partial charge in [-0.1, -0.05) is 41.9 Å². The number of nitrogens with zero attached hydrogens (tertiary/aromatic N) is 1. The van der Waals surface area contributed by atoms with E-state index < -0.39 is 10.0 Å². The number of halogens is 1. The number of hydrogen-bond acceptors (Lipinski definition) is 3. The van der Waals surface area contributed by atoms with Gasteiger partial charge in [0.25, 0.3) is 0 Å². The predicted octanol–water partition coefficient (Wildman–Crippen LogP) is 3.70. The van der Waals surface area contributed by atoms with Crippen molar-refractivity contribution in [1.82, 2.24) is 0 Å². The van der Waals surface area contributed by atoms with Crippen molar-refractivity contribution >= 4 is 33.1 Å². The van der Waals surface area contributed by atoms with Gasteiger partial charge in [-0.3, -0.25) is 9.10 Å². The van der Waals surface area contributed by atoms with Gasteiger partial charge in [0.05, 0.1) is 11.4 Å². The van der Waals surface area contributed by atoms with Gasteiger partial charge >= 0.3 is 0 Å². The van der Waals surface area contributed by atoms with Crippen molar-refractivity contribution in [1.29, 1.82) is 0 Å². The number of carbonyl (C=O) groups is 1. The first-order chi connectivity index (χ1) is 11.5. The molecule has 126 valence electrons. The third-order valence-corrected chi connectivity index (χ3v) is 6.21.